The molecular weight excluding hydrogens is 275 g/mol. The van der Waals surface area contributed by atoms with E-state index in [-0.39, 0.29) is 17.4 Å². The van der Waals surface area contributed by atoms with Crippen LogP contribution in [0.15, 0.2) is 24.5 Å². The quantitative estimate of drug-likeness (QED) is 0.886. The number of likely N-dealkylation sites (tertiary alicyclic amines) is 1. The Morgan fingerprint density at radius 1 is 1.43 bits per heavy atom. The van der Waals surface area contributed by atoms with Crippen LogP contribution in [-0.4, -0.2) is 37.6 Å². The molecule has 1 fully saturated rings. The number of nitrogens with one attached hydrogen (secondary N) is 1. The Balaban J connectivity index is 1.95. The molecule has 7 heteroatoms. The molecule has 0 aliphatic carbocycles. The number of nitrogens with zero attached hydrogens (tertiary/aromatic N) is 3. The Morgan fingerprint density at radius 2 is 2.29 bits per heavy atom. The van der Waals surface area contributed by atoms with Crippen molar-refractivity contribution in [2.24, 2.45) is 0 Å². The largest absolute Gasteiger partial charge is 0.507 e. The van der Waals surface area contributed by atoms with Gasteiger partial charge in [-0.3, -0.25) is 9.89 Å². The number of piperidine rings is 1. The number of amides is 1. The van der Waals surface area contributed by atoms with E-state index in [1.807, 2.05) is 0 Å². The average molecular weight is 290 g/mol. The van der Waals surface area contributed by atoms with E-state index >= 15 is 0 Å². The second-order valence-electron chi connectivity index (χ2n) is 5.01. The molecule has 0 spiro atoms. The monoisotopic (exact) mass is 290 g/mol. The summed E-state index contributed by atoms with van der Waals surface area (Å²) in [5.74, 6) is -1.01. The number of carbonyl (C=O) groups excluding carboxylic acids is 1. The molecule has 1 unspecified atom stereocenters. The number of hydrogen-bond donors (Lipinski definition) is 2. The van der Waals surface area contributed by atoms with Gasteiger partial charge >= 0.3 is 0 Å². The van der Waals surface area contributed by atoms with Crippen LogP contribution >= 0.6 is 0 Å². The standard InChI is InChI=1S/C14H15FN4O2/c15-9-4-3-6-11(20)12(9)14(21)19-7-2-1-5-10(19)13-16-8-17-18-13/h3-4,6,8,10,20H,1-2,5,7H2,(H,16,17,18). The molecule has 1 atom stereocenters. The predicted molar refractivity (Wildman–Crippen MR) is 72.1 cm³/mol. The van der Waals surface area contributed by atoms with Crippen LogP contribution < -0.4 is 0 Å². The van der Waals surface area contributed by atoms with Crippen LogP contribution in [0.3, 0.4) is 0 Å². The molecule has 1 saturated heterocycles. The third-order valence-electron chi connectivity index (χ3n) is 3.72. The average Bonchev–Trinajstić information content (AvgIpc) is 3.01. The van der Waals surface area contributed by atoms with Crippen molar-refractivity contribution in [1.29, 1.82) is 0 Å². The maximum atomic E-state index is 13.9. The summed E-state index contributed by atoms with van der Waals surface area (Å²) in [5.41, 5.74) is -0.288. The number of rotatable bonds is 2. The molecular formula is C14H15FN4O2. The van der Waals surface area contributed by atoms with Crippen LogP contribution in [-0.2, 0) is 0 Å². The lowest BCUT2D eigenvalue weighted by Gasteiger charge is -2.34. The maximum absolute atomic E-state index is 13.9. The summed E-state index contributed by atoms with van der Waals surface area (Å²) in [6, 6.07) is 3.57. The molecule has 2 aromatic rings. The first-order valence-corrected chi connectivity index (χ1v) is 6.82. The van der Waals surface area contributed by atoms with E-state index in [0.29, 0.717) is 12.4 Å². The van der Waals surface area contributed by atoms with Gasteiger partial charge in [0.2, 0.25) is 0 Å². The molecule has 3 rings (SSSR count). The van der Waals surface area contributed by atoms with Crippen molar-refractivity contribution in [3.05, 3.63) is 41.7 Å². The van der Waals surface area contributed by atoms with Gasteiger partial charge in [0.25, 0.3) is 5.91 Å². The molecule has 0 bridgehead atoms. The van der Waals surface area contributed by atoms with Crippen LogP contribution in [0.2, 0.25) is 0 Å². The number of H-pyrrole nitrogens is 1. The molecule has 2 heterocycles. The third-order valence-corrected chi connectivity index (χ3v) is 3.72. The van der Waals surface area contributed by atoms with E-state index in [4.69, 9.17) is 0 Å². The Bertz CT molecular complexity index is 624. The molecule has 1 aliphatic heterocycles. The van der Waals surface area contributed by atoms with E-state index in [0.717, 1.165) is 19.3 Å². The minimum Gasteiger partial charge on any atom is -0.507 e. The lowest BCUT2D eigenvalue weighted by Crippen LogP contribution is -2.39. The highest BCUT2D eigenvalue weighted by molar-refractivity contribution is 5.97. The van der Waals surface area contributed by atoms with Gasteiger partial charge in [-0.1, -0.05) is 6.07 Å². The zero-order chi connectivity index (χ0) is 14.8. The lowest BCUT2D eigenvalue weighted by molar-refractivity contribution is 0.0592. The fourth-order valence-corrected chi connectivity index (χ4v) is 2.70. The SMILES string of the molecule is O=C(c1c(O)cccc1F)N1CCCCC1c1ncn[nH]1. The summed E-state index contributed by atoms with van der Waals surface area (Å²) in [4.78, 5) is 18.2. The third kappa shape index (κ3) is 2.46. The first-order chi connectivity index (χ1) is 10.2. The van der Waals surface area contributed by atoms with E-state index in [2.05, 4.69) is 15.2 Å². The van der Waals surface area contributed by atoms with Crippen LogP contribution in [0.4, 0.5) is 4.39 Å². The fraction of sp³-hybridized carbons (Fsp3) is 0.357. The van der Waals surface area contributed by atoms with Gasteiger partial charge in [0.05, 0.1) is 6.04 Å². The van der Waals surface area contributed by atoms with E-state index in [1.54, 1.807) is 4.90 Å². The molecule has 0 saturated carbocycles. The first-order valence-electron chi connectivity index (χ1n) is 6.82. The number of carbonyl (C=O) groups is 1. The van der Waals surface area contributed by atoms with Gasteiger partial charge in [-0.25, -0.2) is 9.37 Å². The van der Waals surface area contributed by atoms with Crippen LogP contribution in [0, 0.1) is 5.82 Å². The highest BCUT2D eigenvalue weighted by Crippen LogP contribution is 2.32. The van der Waals surface area contributed by atoms with Gasteiger partial charge in [0, 0.05) is 6.54 Å². The van der Waals surface area contributed by atoms with Crippen LogP contribution in [0.1, 0.15) is 41.5 Å². The summed E-state index contributed by atoms with van der Waals surface area (Å²) in [5, 5.41) is 16.3. The minimum absolute atomic E-state index is 0.271. The van der Waals surface area contributed by atoms with Crippen molar-refractivity contribution in [1.82, 2.24) is 20.1 Å². The van der Waals surface area contributed by atoms with Gasteiger partial charge in [-0.05, 0) is 31.4 Å². The maximum Gasteiger partial charge on any atom is 0.261 e. The highest BCUT2D eigenvalue weighted by atomic mass is 19.1. The zero-order valence-corrected chi connectivity index (χ0v) is 11.3. The zero-order valence-electron chi connectivity index (χ0n) is 11.3. The minimum atomic E-state index is -0.720. The molecule has 6 nitrogen and oxygen atoms in total. The summed E-state index contributed by atoms with van der Waals surface area (Å²) in [7, 11) is 0. The fourth-order valence-electron chi connectivity index (χ4n) is 2.70. The second kappa shape index (κ2) is 5.51. The van der Waals surface area contributed by atoms with Gasteiger partial charge in [0.15, 0.2) is 0 Å². The Hall–Kier alpha value is -2.44. The van der Waals surface area contributed by atoms with Crippen molar-refractivity contribution in [3.63, 3.8) is 0 Å². The number of phenolic OH excluding ortho intramolecular Hbond substituents is 1. The van der Waals surface area contributed by atoms with Gasteiger partial charge in [-0.15, -0.1) is 0 Å². The summed E-state index contributed by atoms with van der Waals surface area (Å²) < 4.78 is 13.9. The van der Waals surface area contributed by atoms with Crippen molar-refractivity contribution in [3.8, 4) is 5.75 Å². The van der Waals surface area contributed by atoms with Crippen molar-refractivity contribution < 1.29 is 14.3 Å². The number of benzene rings is 1. The molecule has 0 radical (unpaired) electrons. The second-order valence-corrected chi connectivity index (χ2v) is 5.01. The van der Waals surface area contributed by atoms with Gasteiger partial charge < -0.3 is 10.0 Å². The number of aromatic amines is 1. The number of hydrogen-bond acceptors (Lipinski definition) is 4. The van der Waals surface area contributed by atoms with Crippen LogP contribution in [0.25, 0.3) is 0 Å². The molecule has 1 aromatic carbocycles. The molecule has 1 aliphatic rings. The van der Waals surface area contributed by atoms with Crippen molar-refractivity contribution in [2.45, 2.75) is 25.3 Å². The predicted octanol–water partition coefficient (Wildman–Crippen LogP) is 2.02. The summed E-state index contributed by atoms with van der Waals surface area (Å²) in [6.45, 7) is 0.498. The number of aromatic nitrogens is 3. The molecule has 1 amide bonds. The summed E-state index contributed by atoms with van der Waals surface area (Å²) in [6.07, 6.45) is 3.91. The van der Waals surface area contributed by atoms with Gasteiger partial charge in [0.1, 0.15) is 29.3 Å². The topological polar surface area (TPSA) is 82.1 Å². The smallest absolute Gasteiger partial charge is 0.261 e. The normalized spacial score (nSPS) is 18.7. The molecule has 110 valence electrons. The van der Waals surface area contributed by atoms with E-state index < -0.39 is 11.7 Å². The molecule has 1 aromatic heterocycles. The Morgan fingerprint density at radius 3 is 3.00 bits per heavy atom. The Labute approximate surface area is 120 Å². The number of aromatic hydroxyl groups is 1. The number of halogens is 1. The van der Waals surface area contributed by atoms with Gasteiger partial charge in [-0.2, -0.15) is 5.10 Å². The molecule has 2 N–H and O–H groups in total. The first kappa shape index (κ1) is 13.5. The van der Waals surface area contributed by atoms with E-state index in [9.17, 15) is 14.3 Å². The number of phenols is 1. The summed E-state index contributed by atoms with van der Waals surface area (Å²) >= 11 is 0. The Kier molecular flexibility index (Phi) is 3.55. The van der Waals surface area contributed by atoms with Crippen LogP contribution in [0.5, 0.6) is 5.75 Å². The molecule has 21 heavy (non-hydrogen) atoms. The van der Waals surface area contributed by atoms with E-state index in [1.165, 1.54) is 24.5 Å². The lowest BCUT2D eigenvalue weighted by atomic mass is 10.00. The highest BCUT2D eigenvalue weighted by Gasteiger charge is 2.32. The van der Waals surface area contributed by atoms with Crippen molar-refractivity contribution >= 4 is 5.91 Å². The van der Waals surface area contributed by atoms with Crippen molar-refractivity contribution in [2.75, 3.05) is 6.54 Å².